The number of piperidine rings is 1. The van der Waals surface area contributed by atoms with Gasteiger partial charge in [0.15, 0.2) is 0 Å². The van der Waals surface area contributed by atoms with E-state index in [1.54, 1.807) is 28.6 Å². The van der Waals surface area contributed by atoms with E-state index in [1.165, 1.54) is 37.9 Å². The zero-order valence-electron chi connectivity index (χ0n) is 20.1. The van der Waals surface area contributed by atoms with Crippen LogP contribution in [0, 0.1) is 0 Å². The zero-order valence-corrected chi connectivity index (χ0v) is 20.9. The molecule has 7 nitrogen and oxygen atoms in total. The number of likely N-dealkylation sites (N-methyl/N-ethyl adjacent to an activating group) is 1. The molecule has 0 bridgehead atoms. The number of piperazine rings is 1. The summed E-state index contributed by atoms with van der Waals surface area (Å²) in [5.74, 6) is -0.201. The Hall–Kier alpha value is -2.26. The molecule has 2 heterocycles. The van der Waals surface area contributed by atoms with Crippen molar-refractivity contribution in [1.29, 1.82) is 0 Å². The lowest BCUT2D eigenvalue weighted by atomic mass is 10.1. The predicted octanol–water partition coefficient (Wildman–Crippen LogP) is 2.68. The van der Waals surface area contributed by atoms with Crippen LogP contribution in [-0.2, 0) is 28.9 Å². The third kappa shape index (κ3) is 6.88. The van der Waals surface area contributed by atoms with Crippen molar-refractivity contribution >= 4 is 15.9 Å². The van der Waals surface area contributed by atoms with Gasteiger partial charge in [-0.2, -0.15) is 4.31 Å². The summed E-state index contributed by atoms with van der Waals surface area (Å²) in [6.45, 7) is 6.36. The highest BCUT2D eigenvalue weighted by Gasteiger charge is 2.25. The number of hydrogen-bond donors (Lipinski definition) is 1. The topological polar surface area (TPSA) is 73.0 Å². The minimum Gasteiger partial charge on any atom is -0.348 e. The van der Waals surface area contributed by atoms with Crippen LogP contribution in [0.4, 0.5) is 0 Å². The maximum atomic E-state index is 12.7. The zero-order chi connectivity index (χ0) is 24.0. The van der Waals surface area contributed by atoms with Crippen LogP contribution >= 0.6 is 0 Å². The molecule has 1 N–H and O–H groups in total. The first-order valence-corrected chi connectivity index (χ1v) is 13.8. The van der Waals surface area contributed by atoms with Gasteiger partial charge in [-0.05, 0) is 61.8 Å². The highest BCUT2D eigenvalue weighted by atomic mass is 32.2. The van der Waals surface area contributed by atoms with Crippen molar-refractivity contribution in [2.45, 2.75) is 38.1 Å². The number of nitrogens with one attached hydrogen (secondary N) is 1. The SMILES string of the molecule is CN1CCN(S(=O)(=O)Cc2ccc(C(=O)NCc3ccc(CN4CCCCC4)cc3)cc2)CC1. The van der Waals surface area contributed by atoms with Crippen molar-refractivity contribution in [3.63, 3.8) is 0 Å². The molecule has 4 rings (SSSR count). The van der Waals surface area contributed by atoms with Crippen LogP contribution in [0.25, 0.3) is 0 Å². The molecule has 8 heteroatoms. The van der Waals surface area contributed by atoms with Gasteiger partial charge >= 0.3 is 0 Å². The summed E-state index contributed by atoms with van der Waals surface area (Å²) in [7, 11) is -1.35. The van der Waals surface area contributed by atoms with Gasteiger partial charge in [0.1, 0.15) is 0 Å². The van der Waals surface area contributed by atoms with Gasteiger partial charge in [0.25, 0.3) is 5.91 Å². The Morgan fingerprint density at radius 2 is 1.38 bits per heavy atom. The van der Waals surface area contributed by atoms with Gasteiger partial charge in [0.05, 0.1) is 5.75 Å². The van der Waals surface area contributed by atoms with E-state index < -0.39 is 10.0 Å². The van der Waals surface area contributed by atoms with E-state index in [4.69, 9.17) is 0 Å². The van der Waals surface area contributed by atoms with Crippen molar-refractivity contribution in [3.05, 3.63) is 70.8 Å². The Bertz CT molecular complexity index is 1040. The summed E-state index contributed by atoms with van der Waals surface area (Å²) in [6, 6.07) is 15.3. The van der Waals surface area contributed by atoms with Crippen LogP contribution < -0.4 is 5.32 Å². The van der Waals surface area contributed by atoms with E-state index in [1.807, 2.05) is 7.05 Å². The summed E-state index contributed by atoms with van der Waals surface area (Å²) in [5.41, 5.74) is 3.59. The monoisotopic (exact) mass is 484 g/mol. The average Bonchev–Trinajstić information content (AvgIpc) is 2.84. The summed E-state index contributed by atoms with van der Waals surface area (Å²) in [5, 5.41) is 2.96. The van der Waals surface area contributed by atoms with Crippen LogP contribution in [0.5, 0.6) is 0 Å². The van der Waals surface area contributed by atoms with Crippen molar-refractivity contribution in [2.75, 3.05) is 46.3 Å². The van der Waals surface area contributed by atoms with E-state index in [0.29, 0.717) is 30.8 Å². The molecule has 2 saturated heterocycles. The second-order valence-corrected chi connectivity index (χ2v) is 11.5. The van der Waals surface area contributed by atoms with Crippen molar-refractivity contribution in [3.8, 4) is 0 Å². The van der Waals surface area contributed by atoms with Crippen molar-refractivity contribution in [2.24, 2.45) is 0 Å². The first kappa shape index (κ1) is 24.9. The molecule has 1 amide bonds. The predicted molar refractivity (Wildman–Crippen MR) is 135 cm³/mol. The highest BCUT2D eigenvalue weighted by Crippen LogP contribution is 2.15. The fourth-order valence-electron chi connectivity index (χ4n) is 4.54. The molecule has 0 spiro atoms. The molecule has 0 aromatic heterocycles. The second kappa shape index (κ2) is 11.4. The Kier molecular flexibility index (Phi) is 8.37. The Labute approximate surface area is 203 Å². The number of nitrogens with zero attached hydrogens (tertiary/aromatic N) is 3. The number of benzene rings is 2. The molecule has 0 saturated carbocycles. The molecule has 0 atom stereocenters. The molecule has 34 heavy (non-hydrogen) atoms. The molecule has 184 valence electrons. The molecule has 2 aliphatic rings. The summed E-state index contributed by atoms with van der Waals surface area (Å²) < 4.78 is 27.0. The third-order valence-corrected chi connectivity index (χ3v) is 8.60. The van der Waals surface area contributed by atoms with Crippen LogP contribution in [0.1, 0.15) is 46.3 Å². The van der Waals surface area contributed by atoms with E-state index >= 15 is 0 Å². The Morgan fingerprint density at radius 1 is 0.794 bits per heavy atom. The maximum Gasteiger partial charge on any atom is 0.251 e. The lowest BCUT2D eigenvalue weighted by Crippen LogP contribution is -2.47. The molecule has 2 fully saturated rings. The average molecular weight is 485 g/mol. The standard InChI is InChI=1S/C26H36N4O3S/c1-28-15-17-30(18-16-28)34(32,33)21-24-9-11-25(12-10-24)26(31)27-19-22-5-7-23(8-6-22)20-29-13-3-2-4-14-29/h5-12H,2-4,13-21H2,1H3,(H,27,31). The van der Waals surface area contributed by atoms with Crippen molar-refractivity contribution in [1.82, 2.24) is 19.4 Å². The van der Waals surface area contributed by atoms with Gasteiger partial charge < -0.3 is 10.2 Å². The fourth-order valence-corrected chi connectivity index (χ4v) is 6.06. The number of sulfonamides is 1. The molecule has 0 unspecified atom stereocenters. The van der Waals surface area contributed by atoms with Gasteiger partial charge in [-0.25, -0.2) is 8.42 Å². The highest BCUT2D eigenvalue weighted by molar-refractivity contribution is 7.88. The molecular formula is C26H36N4O3S. The summed E-state index contributed by atoms with van der Waals surface area (Å²) in [6.07, 6.45) is 3.92. The van der Waals surface area contributed by atoms with E-state index in [0.717, 1.165) is 25.2 Å². The molecule has 0 aliphatic carbocycles. The number of hydrogen-bond acceptors (Lipinski definition) is 5. The normalized spacial score (nSPS) is 18.6. The smallest absolute Gasteiger partial charge is 0.251 e. The molecular weight excluding hydrogens is 448 g/mol. The van der Waals surface area contributed by atoms with Gasteiger partial charge in [0.2, 0.25) is 10.0 Å². The minimum atomic E-state index is -3.35. The Morgan fingerprint density at radius 3 is 2.03 bits per heavy atom. The molecule has 0 radical (unpaired) electrons. The first-order valence-electron chi connectivity index (χ1n) is 12.2. The van der Waals surface area contributed by atoms with Gasteiger partial charge in [-0.3, -0.25) is 9.69 Å². The fraction of sp³-hybridized carbons (Fsp3) is 0.500. The lowest BCUT2D eigenvalue weighted by Gasteiger charge is -2.31. The largest absolute Gasteiger partial charge is 0.348 e. The number of carbonyl (C=O) groups is 1. The number of rotatable bonds is 8. The molecule has 2 aromatic rings. The Balaban J connectivity index is 1.25. The van der Waals surface area contributed by atoms with Crippen LogP contribution in [0.3, 0.4) is 0 Å². The minimum absolute atomic E-state index is 0.0393. The summed E-state index contributed by atoms with van der Waals surface area (Å²) >= 11 is 0. The van der Waals surface area contributed by atoms with Crippen molar-refractivity contribution < 1.29 is 13.2 Å². The van der Waals surface area contributed by atoms with Crippen LogP contribution in [-0.4, -0.2) is 74.7 Å². The van der Waals surface area contributed by atoms with Crippen LogP contribution in [0.15, 0.2) is 48.5 Å². The second-order valence-electron chi connectivity index (χ2n) is 9.49. The number of carbonyl (C=O) groups excluding carboxylic acids is 1. The summed E-state index contributed by atoms with van der Waals surface area (Å²) in [4.78, 5) is 17.2. The van der Waals surface area contributed by atoms with Gasteiger partial charge in [0, 0.05) is 44.8 Å². The molecule has 2 aromatic carbocycles. The first-order chi connectivity index (χ1) is 16.4. The third-order valence-electron chi connectivity index (χ3n) is 6.75. The van der Waals surface area contributed by atoms with E-state index in [-0.39, 0.29) is 11.7 Å². The van der Waals surface area contributed by atoms with E-state index in [2.05, 4.69) is 39.4 Å². The van der Waals surface area contributed by atoms with Gasteiger partial charge in [-0.15, -0.1) is 0 Å². The lowest BCUT2D eigenvalue weighted by molar-refractivity contribution is 0.0951. The van der Waals surface area contributed by atoms with Crippen LogP contribution in [0.2, 0.25) is 0 Å². The van der Waals surface area contributed by atoms with Gasteiger partial charge in [-0.1, -0.05) is 42.8 Å². The maximum absolute atomic E-state index is 12.7. The number of likely N-dealkylation sites (tertiary alicyclic amines) is 1. The molecule has 2 aliphatic heterocycles. The van der Waals surface area contributed by atoms with E-state index in [9.17, 15) is 13.2 Å². The quantitative estimate of drug-likeness (QED) is 0.624. The number of amides is 1.